The summed E-state index contributed by atoms with van der Waals surface area (Å²) in [5.74, 6) is 1.79. The standard InChI is InChI=1S/C18H29N3O2/c1-3-19-18(21-14-17-7-5-13-23-17)20-12-4-6-15-8-10-16(22-2)11-9-15/h8-11,17H,3-7,12-14H2,1-2H3,(H2,19,20,21). The number of rotatable bonds is 8. The molecule has 0 amide bonds. The van der Waals surface area contributed by atoms with Gasteiger partial charge in [-0.25, -0.2) is 0 Å². The Hall–Kier alpha value is -1.75. The summed E-state index contributed by atoms with van der Waals surface area (Å²) in [7, 11) is 1.69. The number of aryl methyl sites for hydroxylation is 1. The molecule has 5 heteroatoms. The third kappa shape index (κ3) is 6.48. The fourth-order valence-electron chi connectivity index (χ4n) is 2.61. The smallest absolute Gasteiger partial charge is 0.191 e. The quantitative estimate of drug-likeness (QED) is 0.439. The van der Waals surface area contributed by atoms with Crippen molar-refractivity contribution in [3.8, 4) is 5.75 Å². The van der Waals surface area contributed by atoms with E-state index in [1.807, 2.05) is 12.1 Å². The number of hydrogen-bond acceptors (Lipinski definition) is 3. The van der Waals surface area contributed by atoms with E-state index in [0.29, 0.717) is 6.10 Å². The molecule has 23 heavy (non-hydrogen) atoms. The molecule has 0 aromatic heterocycles. The summed E-state index contributed by atoms with van der Waals surface area (Å²) in [5.41, 5.74) is 1.33. The molecular formula is C18H29N3O2. The van der Waals surface area contributed by atoms with Crippen LogP contribution in [0.3, 0.4) is 0 Å². The molecule has 1 aromatic carbocycles. The molecule has 2 N–H and O–H groups in total. The molecule has 0 saturated carbocycles. The van der Waals surface area contributed by atoms with Crippen LogP contribution in [0, 0.1) is 0 Å². The van der Waals surface area contributed by atoms with Crippen LogP contribution in [-0.4, -0.2) is 45.4 Å². The molecular weight excluding hydrogens is 290 g/mol. The van der Waals surface area contributed by atoms with E-state index >= 15 is 0 Å². The number of ether oxygens (including phenoxy) is 2. The summed E-state index contributed by atoms with van der Waals surface area (Å²) in [6.45, 7) is 5.49. The molecule has 1 atom stereocenters. The maximum atomic E-state index is 5.61. The van der Waals surface area contributed by atoms with Crippen LogP contribution in [0.15, 0.2) is 29.3 Å². The zero-order valence-corrected chi connectivity index (χ0v) is 14.3. The summed E-state index contributed by atoms with van der Waals surface area (Å²) in [6, 6.07) is 8.26. The molecule has 1 saturated heterocycles. The summed E-state index contributed by atoms with van der Waals surface area (Å²) in [4.78, 5) is 4.62. The lowest BCUT2D eigenvalue weighted by atomic mass is 10.1. The van der Waals surface area contributed by atoms with Gasteiger partial charge < -0.3 is 20.1 Å². The minimum atomic E-state index is 0.296. The van der Waals surface area contributed by atoms with Crippen molar-refractivity contribution in [2.24, 2.45) is 4.99 Å². The van der Waals surface area contributed by atoms with E-state index in [1.165, 1.54) is 5.56 Å². The highest BCUT2D eigenvalue weighted by atomic mass is 16.5. The summed E-state index contributed by atoms with van der Waals surface area (Å²) in [5, 5.41) is 6.68. The van der Waals surface area contributed by atoms with Gasteiger partial charge in [0, 0.05) is 19.7 Å². The number of hydrogen-bond donors (Lipinski definition) is 2. The predicted molar refractivity (Wildman–Crippen MR) is 94.3 cm³/mol. The van der Waals surface area contributed by atoms with Crippen LogP contribution in [0.5, 0.6) is 5.75 Å². The van der Waals surface area contributed by atoms with Crippen molar-refractivity contribution in [3.05, 3.63) is 29.8 Å². The van der Waals surface area contributed by atoms with E-state index in [0.717, 1.165) is 63.6 Å². The van der Waals surface area contributed by atoms with Crippen LogP contribution in [-0.2, 0) is 11.2 Å². The van der Waals surface area contributed by atoms with E-state index in [2.05, 4.69) is 34.7 Å². The Balaban J connectivity index is 1.69. The number of nitrogens with zero attached hydrogens (tertiary/aromatic N) is 1. The van der Waals surface area contributed by atoms with Gasteiger partial charge in [-0.1, -0.05) is 12.1 Å². The molecule has 2 rings (SSSR count). The van der Waals surface area contributed by atoms with Gasteiger partial charge in [-0.05, 0) is 50.3 Å². The van der Waals surface area contributed by atoms with Gasteiger partial charge in [0.25, 0.3) is 0 Å². The van der Waals surface area contributed by atoms with Crippen molar-refractivity contribution in [2.45, 2.75) is 38.7 Å². The molecule has 0 bridgehead atoms. The number of aliphatic imine (C=N–C) groups is 1. The summed E-state index contributed by atoms with van der Waals surface area (Å²) >= 11 is 0. The minimum Gasteiger partial charge on any atom is -0.497 e. The first-order valence-electron chi connectivity index (χ1n) is 8.58. The van der Waals surface area contributed by atoms with Crippen molar-refractivity contribution in [2.75, 3.05) is 33.4 Å². The molecule has 0 radical (unpaired) electrons. The molecule has 0 spiro atoms. The number of benzene rings is 1. The maximum absolute atomic E-state index is 5.61. The number of nitrogens with one attached hydrogen (secondary N) is 2. The lowest BCUT2D eigenvalue weighted by Crippen LogP contribution is -2.38. The molecule has 5 nitrogen and oxygen atoms in total. The topological polar surface area (TPSA) is 54.9 Å². The first-order valence-corrected chi connectivity index (χ1v) is 8.58. The van der Waals surface area contributed by atoms with Gasteiger partial charge in [0.15, 0.2) is 5.96 Å². The molecule has 1 unspecified atom stereocenters. The van der Waals surface area contributed by atoms with Gasteiger partial charge in [0.1, 0.15) is 5.75 Å². The van der Waals surface area contributed by atoms with Crippen LogP contribution in [0.2, 0.25) is 0 Å². The van der Waals surface area contributed by atoms with E-state index in [-0.39, 0.29) is 0 Å². The first-order chi connectivity index (χ1) is 11.3. The average Bonchev–Trinajstić information content (AvgIpc) is 3.10. The van der Waals surface area contributed by atoms with Gasteiger partial charge in [0.2, 0.25) is 0 Å². The Labute approximate surface area is 139 Å². The normalized spacial score (nSPS) is 18.0. The lowest BCUT2D eigenvalue weighted by Gasteiger charge is -2.13. The van der Waals surface area contributed by atoms with Crippen molar-refractivity contribution in [1.82, 2.24) is 10.6 Å². The second-order valence-corrected chi connectivity index (χ2v) is 5.73. The summed E-state index contributed by atoms with van der Waals surface area (Å²) in [6.07, 6.45) is 4.69. The highest BCUT2D eigenvalue weighted by molar-refractivity contribution is 5.79. The third-order valence-electron chi connectivity index (χ3n) is 3.91. The fourth-order valence-corrected chi connectivity index (χ4v) is 2.61. The Bertz CT molecular complexity index is 468. The minimum absolute atomic E-state index is 0.296. The van der Waals surface area contributed by atoms with Crippen LogP contribution < -0.4 is 15.4 Å². The molecule has 1 aromatic rings. The van der Waals surface area contributed by atoms with Gasteiger partial charge in [-0.3, -0.25) is 4.99 Å². The summed E-state index contributed by atoms with van der Waals surface area (Å²) < 4.78 is 10.8. The fraction of sp³-hybridized carbons (Fsp3) is 0.611. The van der Waals surface area contributed by atoms with Crippen molar-refractivity contribution < 1.29 is 9.47 Å². The first kappa shape index (κ1) is 17.6. The number of methoxy groups -OCH3 is 1. The molecule has 1 aliphatic heterocycles. The predicted octanol–water partition coefficient (Wildman–Crippen LogP) is 2.36. The van der Waals surface area contributed by atoms with Crippen LogP contribution in [0.25, 0.3) is 0 Å². The SMILES string of the molecule is CCNC(=NCC1CCCO1)NCCCc1ccc(OC)cc1. The molecule has 0 aliphatic carbocycles. The number of guanidine groups is 1. The zero-order valence-electron chi connectivity index (χ0n) is 14.3. The Morgan fingerprint density at radius 1 is 1.30 bits per heavy atom. The lowest BCUT2D eigenvalue weighted by molar-refractivity contribution is 0.117. The molecule has 1 fully saturated rings. The van der Waals surface area contributed by atoms with Crippen LogP contribution in [0.4, 0.5) is 0 Å². The highest BCUT2D eigenvalue weighted by Gasteiger charge is 2.14. The van der Waals surface area contributed by atoms with Gasteiger partial charge >= 0.3 is 0 Å². The Morgan fingerprint density at radius 3 is 2.78 bits per heavy atom. The van der Waals surface area contributed by atoms with Gasteiger partial charge in [0.05, 0.1) is 19.8 Å². The Kier molecular flexibility index (Phi) is 7.73. The molecule has 128 valence electrons. The monoisotopic (exact) mass is 319 g/mol. The second-order valence-electron chi connectivity index (χ2n) is 5.73. The third-order valence-corrected chi connectivity index (χ3v) is 3.91. The maximum Gasteiger partial charge on any atom is 0.191 e. The highest BCUT2D eigenvalue weighted by Crippen LogP contribution is 2.13. The van der Waals surface area contributed by atoms with E-state index in [4.69, 9.17) is 9.47 Å². The van der Waals surface area contributed by atoms with E-state index in [9.17, 15) is 0 Å². The average molecular weight is 319 g/mol. The van der Waals surface area contributed by atoms with E-state index in [1.54, 1.807) is 7.11 Å². The largest absolute Gasteiger partial charge is 0.497 e. The second kappa shape index (κ2) is 10.1. The molecule has 1 heterocycles. The van der Waals surface area contributed by atoms with Crippen molar-refractivity contribution >= 4 is 5.96 Å². The van der Waals surface area contributed by atoms with E-state index < -0.39 is 0 Å². The van der Waals surface area contributed by atoms with Gasteiger partial charge in [-0.2, -0.15) is 0 Å². The van der Waals surface area contributed by atoms with Gasteiger partial charge in [-0.15, -0.1) is 0 Å². The van der Waals surface area contributed by atoms with Crippen molar-refractivity contribution in [1.29, 1.82) is 0 Å². The van der Waals surface area contributed by atoms with Crippen LogP contribution in [0.1, 0.15) is 31.7 Å². The Morgan fingerprint density at radius 2 is 2.13 bits per heavy atom. The molecule has 1 aliphatic rings. The zero-order chi connectivity index (χ0) is 16.3. The van der Waals surface area contributed by atoms with Crippen LogP contribution >= 0.6 is 0 Å². The van der Waals surface area contributed by atoms with Crippen molar-refractivity contribution in [3.63, 3.8) is 0 Å².